The van der Waals surface area contributed by atoms with Crippen LogP contribution in [0.1, 0.15) is 49.9 Å². The van der Waals surface area contributed by atoms with Crippen molar-refractivity contribution in [2.24, 2.45) is 0 Å². The lowest BCUT2D eigenvalue weighted by molar-refractivity contribution is -0.137. The number of hydrogen-bond donors (Lipinski definition) is 1. The molecule has 190 valence electrons. The smallest absolute Gasteiger partial charge is 0.303 e. The Kier molecular flexibility index (Phi) is 8.19. The van der Waals surface area contributed by atoms with Crippen molar-refractivity contribution in [3.63, 3.8) is 0 Å². The molecule has 1 N–H and O–H groups in total. The first-order valence-corrected chi connectivity index (χ1v) is 12.3. The molecule has 0 fully saturated rings. The lowest BCUT2D eigenvalue weighted by Crippen LogP contribution is -2.30. The molecule has 0 unspecified atom stereocenters. The summed E-state index contributed by atoms with van der Waals surface area (Å²) in [6, 6.07) is 26.4. The van der Waals surface area contributed by atoms with Crippen molar-refractivity contribution in [3.8, 4) is 17.1 Å². The van der Waals surface area contributed by atoms with Crippen LogP contribution in [0.4, 0.5) is 0 Å². The predicted octanol–water partition coefficient (Wildman–Crippen LogP) is 6.81. The SMILES string of the molecule is [2H]C([2H])(c1ccccc1)N(Cc1ccccc1OCCCCCC(=O)O)C(=O)c1ccc(-c2ccco2)cc1. The summed E-state index contributed by atoms with van der Waals surface area (Å²) >= 11 is 0. The van der Waals surface area contributed by atoms with Crippen LogP contribution < -0.4 is 4.74 Å². The van der Waals surface area contributed by atoms with Crippen LogP contribution in [-0.2, 0) is 17.8 Å². The molecule has 1 heterocycles. The molecule has 6 nitrogen and oxygen atoms in total. The fourth-order valence-corrected chi connectivity index (χ4v) is 3.89. The zero-order valence-corrected chi connectivity index (χ0v) is 20.5. The van der Waals surface area contributed by atoms with E-state index in [4.69, 9.17) is 17.0 Å². The van der Waals surface area contributed by atoms with E-state index in [2.05, 4.69) is 0 Å². The van der Waals surface area contributed by atoms with Gasteiger partial charge in [0.1, 0.15) is 11.5 Å². The van der Waals surface area contributed by atoms with Gasteiger partial charge >= 0.3 is 5.97 Å². The molecule has 0 spiro atoms. The first kappa shape index (κ1) is 23.1. The van der Waals surface area contributed by atoms with Crippen LogP contribution in [0.3, 0.4) is 0 Å². The largest absolute Gasteiger partial charge is 0.493 e. The maximum atomic E-state index is 13.8. The van der Waals surface area contributed by atoms with Crippen LogP contribution in [0.25, 0.3) is 11.3 Å². The summed E-state index contributed by atoms with van der Waals surface area (Å²) in [6.07, 6.45) is 3.71. The summed E-state index contributed by atoms with van der Waals surface area (Å²) in [5.74, 6) is -0.0299. The minimum absolute atomic E-state index is 0.0180. The molecule has 0 radical (unpaired) electrons. The number of furan rings is 1. The quantitative estimate of drug-likeness (QED) is 0.204. The van der Waals surface area contributed by atoms with Gasteiger partial charge in [0.2, 0.25) is 0 Å². The number of carbonyl (C=O) groups is 2. The van der Waals surface area contributed by atoms with E-state index in [0.717, 1.165) is 12.0 Å². The Balaban J connectivity index is 1.57. The van der Waals surface area contributed by atoms with E-state index in [1.807, 2.05) is 24.3 Å². The molecule has 4 rings (SSSR count). The third-order valence-corrected chi connectivity index (χ3v) is 5.81. The number of nitrogens with zero attached hydrogens (tertiary/aromatic N) is 1. The van der Waals surface area contributed by atoms with Crippen LogP contribution in [0, 0.1) is 0 Å². The van der Waals surface area contributed by atoms with E-state index >= 15 is 0 Å². The number of amides is 1. The van der Waals surface area contributed by atoms with Gasteiger partial charge in [-0.25, -0.2) is 0 Å². The van der Waals surface area contributed by atoms with Crippen molar-refractivity contribution < 1.29 is 26.6 Å². The number of carboxylic acids is 1. The number of aliphatic carboxylic acids is 1. The van der Waals surface area contributed by atoms with Gasteiger partial charge in [0.05, 0.1) is 15.6 Å². The Hall–Kier alpha value is -4.32. The molecule has 0 saturated heterocycles. The number of para-hydroxylation sites is 1. The third kappa shape index (κ3) is 7.58. The Labute approximate surface area is 219 Å². The number of rotatable bonds is 13. The minimum Gasteiger partial charge on any atom is -0.493 e. The van der Waals surface area contributed by atoms with E-state index in [1.54, 1.807) is 73.0 Å². The summed E-state index contributed by atoms with van der Waals surface area (Å²) in [6.45, 7) is -1.73. The molecule has 1 aromatic heterocycles. The number of hydrogen-bond acceptors (Lipinski definition) is 4. The van der Waals surface area contributed by atoms with Gasteiger partial charge in [0, 0.05) is 36.2 Å². The zero-order chi connectivity index (χ0) is 27.7. The second-order valence-corrected chi connectivity index (χ2v) is 8.58. The number of ether oxygens (including phenoxy) is 1. The molecule has 37 heavy (non-hydrogen) atoms. The highest BCUT2D eigenvalue weighted by molar-refractivity contribution is 5.94. The normalized spacial score (nSPS) is 11.9. The first-order chi connectivity index (χ1) is 18.9. The van der Waals surface area contributed by atoms with Gasteiger partial charge in [-0.15, -0.1) is 0 Å². The van der Waals surface area contributed by atoms with Gasteiger partial charge in [0.15, 0.2) is 0 Å². The van der Waals surface area contributed by atoms with Crippen molar-refractivity contribution in [2.45, 2.75) is 38.7 Å². The fraction of sp³-hybridized carbons (Fsp3) is 0.226. The second-order valence-electron chi connectivity index (χ2n) is 8.58. The number of carbonyl (C=O) groups excluding carboxylic acids is 1. The van der Waals surface area contributed by atoms with Crippen molar-refractivity contribution in [3.05, 3.63) is 114 Å². The van der Waals surface area contributed by atoms with Gasteiger partial charge in [-0.05, 0) is 55.2 Å². The van der Waals surface area contributed by atoms with E-state index in [9.17, 15) is 9.59 Å². The van der Waals surface area contributed by atoms with Crippen LogP contribution in [-0.4, -0.2) is 28.5 Å². The van der Waals surface area contributed by atoms with Crippen molar-refractivity contribution in [2.75, 3.05) is 6.61 Å². The van der Waals surface area contributed by atoms with Crippen LogP contribution >= 0.6 is 0 Å². The molecule has 1 amide bonds. The fourth-order valence-electron chi connectivity index (χ4n) is 3.89. The minimum atomic E-state index is -2.11. The van der Waals surface area contributed by atoms with Crippen molar-refractivity contribution in [1.82, 2.24) is 4.90 Å². The number of carboxylic acid groups (broad SMARTS) is 1. The first-order valence-electron chi connectivity index (χ1n) is 13.3. The highest BCUT2D eigenvalue weighted by Crippen LogP contribution is 2.24. The summed E-state index contributed by atoms with van der Waals surface area (Å²) in [4.78, 5) is 25.8. The summed E-state index contributed by atoms with van der Waals surface area (Å²) in [5.41, 5.74) is 2.20. The average Bonchev–Trinajstić information content (AvgIpc) is 3.49. The van der Waals surface area contributed by atoms with Crippen molar-refractivity contribution >= 4 is 11.9 Å². The Morgan fingerprint density at radius 2 is 1.62 bits per heavy atom. The van der Waals surface area contributed by atoms with E-state index in [0.29, 0.717) is 47.6 Å². The molecule has 0 atom stereocenters. The van der Waals surface area contributed by atoms with Gasteiger partial charge in [-0.2, -0.15) is 0 Å². The van der Waals surface area contributed by atoms with Gasteiger partial charge in [-0.1, -0.05) is 60.7 Å². The third-order valence-electron chi connectivity index (χ3n) is 5.81. The topological polar surface area (TPSA) is 80.0 Å². The monoisotopic (exact) mass is 499 g/mol. The summed E-state index contributed by atoms with van der Waals surface area (Å²) in [7, 11) is 0. The maximum Gasteiger partial charge on any atom is 0.303 e. The molecule has 0 aliphatic heterocycles. The second kappa shape index (κ2) is 13.1. The summed E-state index contributed by atoms with van der Waals surface area (Å²) in [5, 5.41) is 8.80. The van der Waals surface area contributed by atoms with Gasteiger partial charge < -0.3 is 19.2 Å². The van der Waals surface area contributed by atoms with Crippen LogP contribution in [0.5, 0.6) is 5.75 Å². The molecule has 0 aliphatic carbocycles. The van der Waals surface area contributed by atoms with Gasteiger partial charge in [0.25, 0.3) is 5.91 Å². The molecule has 0 saturated carbocycles. The zero-order valence-electron chi connectivity index (χ0n) is 22.5. The molecular weight excluding hydrogens is 466 g/mol. The highest BCUT2D eigenvalue weighted by atomic mass is 16.5. The Morgan fingerprint density at radius 3 is 2.35 bits per heavy atom. The predicted molar refractivity (Wildman–Crippen MR) is 142 cm³/mol. The molecule has 4 aromatic rings. The molecule has 6 heteroatoms. The lowest BCUT2D eigenvalue weighted by atomic mass is 10.1. The maximum absolute atomic E-state index is 13.8. The number of unbranched alkanes of at least 4 members (excludes halogenated alkanes) is 2. The van der Waals surface area contributed by atoms with Crippen LogP contribution in [0.2, 0.25) is 0 Å². The summed E-state index contributed by atoms with van der Waals surface area (Å²) < 4.78 is 29.4. The highest BCUT2D eigenvalue weighted by Gasteiger charge is 2.19. The Morgan fingerprint density at radius 1 is 0.865 bits per heavy atom. The Bertz CT molecular complexity index is 1360. The lowest BCUT2D eigenvalue weighted by Gasteiger charge is -2.24. The van der Waals surface area contributed by atoms with Crippen molar-refractivity contribution in [1.29, 1.82) is 0 Å². The molecule has 0 bridgehead atoms. The van der Waals surface area contributed by atoms with E-state index in [-0.39, 0.29) is 13.0 Å². The van der Waals surface area contributed by atoms with E-state index < -0.39 is 18.4 Å². The molecule has 0 aliphatic rings. The number of benzene rings is 3. The van der Waals surface area contributed by atoms with Gasteiger partial charge in [-0.3, -0.25) is 9.59 Å². The molecular formula is C31H31NO5. The molecule has 3 aromatic carbocycles. The van der Waals surface area contributed by atoms with E-state index in [1.165, 1.54) is 4.90 Å². The standard InChI is InChI=1S/C31H31NO5/c33-30(34)15-5-2-8-20-36-29-13-7-6-12-27(29)23-32(22-24-10-3-1-4-11-24)31(35)26-18-16-25(17-19-26)28-14-9-21-37-28/h1,3-4,6-7,9-14,16-19,21H,2,5,8,15,20,22-23H2,(H,33,34)/i22D2. The average molecular weight is 500 g/mol. The van der Waals surface area contributed by atoms with Crippen LogP contribution in [0.15, 0.2) is 102 Å².